The molecule has 0 aliphatic carbocycles. The van der Waals surface area contributed by atoms with Crippen LogP contribution in [-0.4, -0.2) is 15.8 Å². The molecule has 0 aliphatic rings. The zero-order valence-corrected chi connectivity index (χ0v) is 11.4. The van der Waals surface area contributed by atoms with Gasteiger partial charge in [-0.15, -0.1) is 0 Å². The van der Waals surface area contributed by atoms with Gasteiger partial charge in [-0.2, -0.15) is 0 Å². The van der Waals surface area contributed by atoms with Gasteiger partial charge in [0.15, 0.2) is 0 Å². The molecule has 6 nitrogen and oxygen atoms in total. The van der Waals surface area contributed by atoms with Gasteiger partial charge in [-0.25, -0.2) is 4.98 Å². The van der Waals surface area contributed by atoms with Crippen LogP contribution in [0.5, 0.6) is 0 Å². The molecule has 7 heteroatoms. The van der Waals surface area contributed by atoms with Crippen molar-refractivity contribution in [3.63, 3.8) is 0 Å². The molecule has 2 rings (SSSR count). The summed E-state index contributed by atoms with van der Waals surface area (Å²) in [5, 5.41) is 13.4. The van der Waals surface area contributed by atoms with Crippen LogP contribution in [0, 0.1) is 10.1 Å². The molecule has 0 atom stereocenters. The maximum absolute atomic E-state index is 11.7. The monoisotopic (exact) mass is 303 g/mol. The third kappa shape index (κ3) is 4.39. The molecule has 0 spiro atoms. The number of rotatable bonds is 4. The van der Waals surface area contributed by atoms with Crippen molar-refractivity contribution in [3.05, 3.63) is 69.5 Å². The van der Waals surface area contributed by atoms with Crippen molar-refractivity contribution in [2.24, 2.45) is 0 Å². The SMILES string of the molecule is O=C(/C=C/c1ccc([N+](=O)[O-])cc1)Nc1ccnc(Cl)c1. The number of nitro groups is 1. The number of hydrogen-bond donors (Lipinski definition) is 1. The Morgan fingerprint density at radius 2 is 2.00 bits per heavy atom. The molecule has 21 heavy (non-hydrogen) atoms. The summed E-state index contributed by atoms with van der Waals surface area (Å²) in [7, 11) is 0. The molecule has 1 aromatic heterocycles. The van der Waals surface area contributed by atoms with Crippen LogP contribution in [0.1, 0.15) is 5.56 Å². The Bertz CT molecular complexity index is 699. The summed E-state index contributed by atoms with van der Waals surface area (Å²) in [5.74, 6) is -0.337. The van der Waals surface area contributed by atoms with Gasteiger partial charge in [0.05, 0.1) is 4.92 Å². The van der Waals surface area contributed by atoms with E-state index in [1.807, 2.05) is 0 Å². The number of nitro benzene ring substituents is 1. The molecule has 0 aliphatic heterocycles. The third-order valence-electron chi connectivity index (χ3n) is 2.53. The van der Waals surface area contributed by atoms with Crippen LogP contribution in [-0.2, 0) is 4.79 Å². The molecule has 1 aromatic carbocycles. The molecule has 1 heterocycles. The number of non-ortho nitro benzene ring substituents is 1. The first kappa shape index (κ1) is 14.7. The van der Waals surface area contributed by atoms with Crippen molar-refractivity contribution in [2.45, 2.75) is 0 Å². The van der Waals surface area contributed by atoms with Crippen LogP contribution in [0.4, 0.5) is 11.4 Å². The highest BCUT2D eigenvalue weighted by atomic mass is 35.5. The Labute approximate surface area is 125 Å². The highest BCUT2D eigenvalue weighted by molar-refractivity contribution is 6.29. The summed E-state index contributed by atoms with van der Waals surface area (Å²) >= 11 is 5.71. The average Bonchev–Trinajstić information content (AvgIpc) is 2.45. The molecule has 0 bridgehead atoms. The van der Waals surface area contributed by atoms with Crippen LogP contribution in [0.3, 0.4) is 0 Å². The van der Waals surface area contributed by atoms with E-state index >= 15 is 0 Å². The van der Waals surface area contributed by atoms with Gasteiger partial charge in [0.2, 0.25) is 5.91 Å². The van der Waals surface area contributed by atoms with Gasteiger partial charge in [0, 0.05) is 30.1 Å². The first-order valence-electron chi connectivity index (χ1n) is 5.90. The number of halogens is 1. The minimum absolute atomic E-state index is 0.00280. The molecule has 0 fully saturated rings. The lowest BCUT2D eigenvalue weighted by Gasteiger charge is -2.01. The summed E-state index contributed by atoms with van der Waals surface area (Å²) in [6.07, 6.45) is 4.37. The van der Waals surface area contributed by atoms with E-state index in [1.54, 1.807) is 24.3 Å². The van der Waals surface area contributed by atoms with Crippen molar-refractivity contribution in [2.75, 3.05) is 5.32 Å². The highest BCUT2D eigenvalue weighted by Crippen LogP contribution is 2.14. The van der Waals surface area contributed by atoms with E-state index in [1.165, 1.54) is 30.5 Å². The number of pyridine rings is 1. The van der Waals surface area contributed by atoms with Crippen LogP contribution in [0.2, 0.25) is 5.15 Å². The average molecular weight is 304 g/mol. The van der Waals surface area contributed by atoms with E-state index in [4.69, 9.17) is 11.6 Å². The summed E-state index contributed by atoms with van der Waals surface area (Å²) in [6.45, 7) is 0. The van der Waals surface area contributed by atoms with E-state index in [9.17, 15) is 14.9 Å². The fourth-order valence-corrected chi connectivity index (χ4v) is 1.72. The lowest BCUT2D eigenvalue weighted by molar-refractivity contribution is -0.384. The number of carbonyl (C=O) groups excluding carboxylic acids is 1. The predicted octanol–water partition coefficient (Wildman–Crippen LogP) is 3.30. The predicted molar refractivity (Wildman–Crippen MR) is 80.0 cm³/mol. The van der Waals surface area contributed by atoms with Crippen molar-refractivity contribution < 1.29 is 9.72 Å². The normalized spacial score (nSPS) is 10.5. The minimum atomic E-state index is -0.479. The number of benzene rings is 1. The topological polar surface area (TPSA) is 85.1 Å². The van der Waals surface area contributed by atoms with Gasteiger partial charge in [0.1, 0.15) is 5.15 Å². The third-order valence-corrected chi connectivity index (χ3v) is 2.73. The summed E-state index contributed by atoms with van der Waals surface area (Å²) in [4.78, 5) is 25.5. The molecule has 0 unspecified atom stereocenters. The van der Waals surface area contributed by atoms with E-state index in [-0.39, 0.29) is 16.7 Å². The van der Waals surface area contributed by atoms with Crippen LogP contribution in [0.25, 0.3) is 6.08 Å². The van der Waals surface area contributed by atoms with Crippen LogP contribution in [0.15, 0.2) is 48.7 Å². The van der Waals surface area contributed by atoms with Crippen molar-refractivity contribution >= 4 is 35.0 Å². The van der Waals surface area contributed by atoms with Gasteiger partial charge in [-0.3, -0.25) is 14.9 Å². The summed E-state index contributed by atoms with van der Waals surface area (Å²) in [6, 6.07) is 9.01. The molecule has 1 amide bonds. The van der Waals surface area contributed by atoms with E-state index < -0.39 is 4.92 Å². The highest BCUT2D eigenvalue weighted by Gasteiger charge is 2.03. The lowest BCUT2D eigenvalue weighted by atomic mass is 10.2. The van der Waals surface area contributed by atoms with E-state index in [0.717, 1.165) is 0 Å². The molecular formula is C14H10ClN3O3. The van der Waals surface area contributed by atoms with Crippen LogP contribution >= 0.6 is 11.6 Å². The number of amides is 1. The van der Waals surface area contributed by atoms with Crippen molar-refractivity contribution in [1.82, 2.24) is 4.98 Å². The quantitative estimate of drug-likeness (QED) is 0.406. The van der Waals surface area contributed by atoms with E-state index in [2.05, 4.69) is 10.3 Å². The van der Waals surface area contributed by atoms with E-state index in [0.29, 0.717) is 11.3 Å². The molecular weight excluding hydrogens is 294 g/mol. The smallest absolute Gasteiger partial charge is 0.269 e. The second-order valence-corrected chi connectivity index (χ2v) is 4.43. The first-order valence-corrected chi connectivity index (χ1v) is 6.27. The molecule has 1 N–H and O–H groups in total. The second-order valence-electron chi connectivity index (χ2n) is 4.04. The minimum Gasteiger partial charge on any atom is -0.322 e. The Kier molecular flexibility index (Phi) is 4.63. The fourth-order valence-electron chi connectivity index (χ4n) is 1.54. The Balaban J connectivity index is 2.00. The largest absolute Gasteiger partial charge is 0.322 e. The number of hydrogen-bond acceptors (Lipinski definition) is 4. The zero-order chi connectivity index (χ0) is 15.2. The van der Waals surface area contributed by atoms with Gasteiger partial charge in [0.25, 0.3) is 5.69 Å². The molecule has 2 aromatic rings. The summed E-state index contributed by atoms with van der Waals surface area (Å²) < 4.78 is 0. The summed E-state index contributed by atoms with van der Waals surface area (Å²) in [5.41, 5.74) is 1.22. The zero-order valence-electron chi connectivity index (χ0n) is 10.7. The second kappa shape index (κ2) is 6.62. The Morgan fingerprint density at radius 3 is 2.62 bits per heavy atom. The standard InChI is InChI=1S/C14H10ClN3O3/c15-13-9-11(7-8-16-13)17-14(19)6-3-10-1-4-12(5-2-10)18(20)21/h1-9H,(H,16,17,19)/b6-3+. The number of nitrogens with zero attached hydrogens (tertiary/aromatic N) is 2. The van der Waals surface area contributed by atoms with Gasteiger partial charge in [-0.1, -0.05) is 11.6 Å². The maximum atomic E-state index is 11.7. The van der Waals surface area contributed by atoms with Crippen LogP contribution < -0.4 is 5.32 Å². The molecule has 0 saturated carbocycles. The van der Waals surface area contributed by atoms with Gasteiger partial charge >= 0.3 is 0 Å². The Morgan fingerprint density at radius 1 is 1.29 bits per heavy atom. The van der Waals surface area contributed by atoms with Crippen molar-refractivity contribution in [3.8, 4) is 0 Å². The molecule has 0 saturated heterocycles. The number of carbonyl (C=O) groups is 1. The number of nitrogens with one attached hydrogen (secondary N) is 1. The van der Waals surface area contributed by atoms with Gasteiger partial charge < -0.3 is 5.32 Å². The molecule has 0 radical (unpaired) electrons. The van der Waals surface area contributed by atoms with Crippen molar-refractivity contribution in [1.29, 1.82) is 0 Å². The lowest BCUT2D eigenvalue weighted by Crippen LogP contribution is -2.07. The Hall–Kier alpha value is -2.73. The maximum Gasteiger partial charge on any atom is 0.269 e. The van der Waals surface area contributed by atoms with Gasteiger partial charge in [-0.05, 0) is 35.9 Å². The first-order chi connectivity index (χ1) is 10.0. The number of aromatic nitrogens is 1. The molecule has 106 valence electrons. The fraction of sp³-hybridized carbons (Fsp3) is 0. The number of anilines is 1.